The minimum atomic E-state index is -0.405. The summed E-state index contributed by atoms with van der Waals surface area (Å²) in [4.78, 5) is 10.8. The molecule has 0 aliphatic carbocycles. The van der Waals surface area contributed by atoms with Crippen LogP contribution in [0.15, 0.2) is 40.8 Å². The summed E-state index contributed by atoms with van der Waals surface area (Å²) in [7, 11) is 1.53. The van der Waals surface area contributed by atoms with Crippen molar-refractivity contribution in [2.24, 2.45) is 0 Å². The summed E-state index contributed by atoms with van der Waals surface area (Å²) in [5.41, 5.74) is 1.81. The molecule has 0 aliphatic heterocycles. The lowest BCUT2D eigenvalue weighted by molar-refractivity contribution is -0.386. The van der Waals surface area contributed by atoms with E-state index in [0.29, 0.717) is 11.1 Å². The van der Waals surface area contributed by atoms with Gasteiger partial charge in [0.15, 0.2) is 0 Å². The third kappa shape index (κ3) is 1.83. The Kier molecular flexibility index (Phi) is 2.91. The van der Waals surface area contributed by atoms with E-state index in [2.05, 4.69) is 0 Å². The fourth-order valence-electron chi connectivity index (χ4n) is 2.39. The Morgan fingerprint density at radius 1 is 1.20 bits per heavy atom. The maximum Gasteiger partial charge on any atom is 0.278 e. The topological polar surface area (TPSA) is 65.5 Å². The van der Waals surface area contributed by atoms with E-state index < -0.39 is 4.92 Å². The van der Waals surface area contributed by atoms with Crippen LogP contribution in [-0.2, 0) is 4.74 Å². The quantitative estimate of drug-likeness (QED) is 0.529. The number of para-hydroxylation sites is 1. The van der Waals surface area contributed by atoms with Crippen molar-refractivity contribution >= 4 is 27.6 Å². The fraction of sp³-hybridized carbons (Fsp3) is 0.200. The molecule has 3 aromatic rings. The molecule has 0 bridgehead atoms. The van der Waals surface area contributed by atoms with Crippen LogP contribution in [-0.4, -0.2) is 12.0 Å². The van der Waals surface area contributed by atoms with Gasteiger partial charge in [-0.3, -0.25) is 10.1 Å². The largest absolute Gasteiger partial charge is 0.456 e. The molecule has 5 heteroatoms. The number of nitro groups is 1. The molecule has 0 fully saturated rings. The van der Waals surface area contributed by atoms with Crippen LogP contribution in [0.3, 0.4) is 0 Å². The molecule has 0 saturated heterocycles. The van der Waals surface area contributed by atoms with Gasteiger partial charge >= 0.3 is 0 Å². The summed E-state index contributed by atoms with van der Waals surface area (Å²) < 4.78 is 10.9. The van der Waals surface area contributed by atoms with Crippen molar-refractivity contribution in [2.75, 3.05) is 7.11 Å². The second-order valence-electron chi connectivity index (χ2n) is 4.64. The minimum Gasteiger partial charge on any atom is -0.456 e. The highest BCUT2D eigenvalue weighted by Gasteiger charge is 2.22. The highest BCUT2D eigenvalue weighted by Crippen LogP contribution is 2.36. The van der Waals surface area contributed by atoms with Crippen molar-refractivity contribution in [3.8, 4) is 0 Å². The second kappa shape index (κ2) is 4.61. The Morgan fingerprint density at radius 2 is 1.95 bits per heavy atom. The van der Waals surface area contributed by atoms with Crippen LogP contribution in [0.5, 0.6) is 0 Å². The standard InChI is InChI=1S/C15H13NO4/c1-9(19-2)11-7-12-10-5-3-4-6-14(10)20-15(12)8-13(11)16(17)18/h3-9H,1-2H3. The van der Waals surface area contributed by atoms with Gasteiger partial charge in [-0.25, -0.2) is 0 Å². The smallest absolute Gasteiger partial charge is 0.278 e. The van der Waals surface area contributed by atoms with Crippen LogP contribution < -0.4 is 0 Å². The van der Waals surface area contributed by atoms with Crippen molar-refractivity contribution in [1.82, 2.24) is 0 Å². The third-order valence-corrected chi connectivity index (χ3v) is 3.51. The highest BCUT2D eigenvalue weighted by molar-refractivity contribution is 6.05. The summed E-state index contributed by atoms with van der Waals surface area (Å²) in [6.45, 7) is 1.79. The zero-order valence-electron chi connectivity index (χ0n) is 11.1. The van der Waals surface area contributed by atoms with Gasteiger partial charge in [0.1, 0.15) is 11.2 Å². The molecule has 20 heavy (non-hydrogen) atoms. The van der Waals surface area contributed by atoms with Crippen LogP contribution in [0, 0.1) is 10.1 Å². The Labute approximate surface area is 114 Å². The lowest BCUT2D eigenvalue weighted by Crippen LogP contribution is -2.01. The average Bonchev–Trinajstić information content (AvgIpc) is 2.82. The normalized spacial score (nSPS) is 12.9. The number of hydrogen-bond acceptors (Lipinski definition) is 4. The van der Waals surface area contributed by atoms with E-state index in [0.717, 1.165) is 16.4 Å². The predicted molar refractivity (Wildman–Crippen MR) is 75.8 cm³/mol. The summed E-state index contributed by atoms with van der Waals surface area (Å²) in [6, 6.07) is 10.8. The van der Waals surface area contributed by atoms with E-state index in [4.69, 9.17) is 9.15 Å². The van der Waals surface area contributed by atoms with Gasteiger partial charge < -0.3 is 9.15 Å². The van der Waals surface area contributed by atoms with E-state index in [1.54, 1.807) is 13.0 Å². The zero-order chi connectivity index (χ0) is 14.3. The zero-order valence-corrected chi connectivity index (χ0v) is 11.1. The van der Waals surface area contributed by atoms with Gasteiger partial charge in [-0.1, -0.05) is 18.2 Å². The van der Waals surface area contributed by atoms with Gasteiger partial charge in [-0.15, -0.1) is 0 Å². The molecule has 0 saturated carbocycles. The second-order valence-corrected chi connectivity index (χ2v) is 4.64. The van der Waals surface area contributed by atoms with Gasteiger partial charge in [0, 0.05) is 17.9 Å². The first-order chi connectivity index (χ1) is 9.61. The molecule has 0 aliphatic rings. The molecule has 2 aromatic carbocycles. The van der Waals surface area contributed by atoms with Crippen LogP contribution >= 0.6 is 0 Å². The first kappa shape index (κ1) is 12.6. The number of rotatable bonds is 3. The Morgan fingerprint density at radius 3 is 2.65 bits per heavy atom. The van der Waals surface area contributed by atoms with Gasteiger partial charge in [0.25, 0.3) is 5.69 Å². The maximum atomic E-state index is 11.2. The number of nitrogens with zero attached hydrogens (tertiary/aromatic N) is 1. The summed E-state index contributed by atoms with van der Waals surface area (Å²) in [5.74, 6) is 0. The first-order valence-electron chi connectivity index (χ1n) is 6.24. The number of furan rings is 1. The fourth-order valence-corrected chi connectivity index (χ4v) is 2.39. The summed E-state index contributed by atoms with van der Waals surface area (Å²) in [6.07, 6.45) is -0.353. The number of ether oxygens (including phenoxy) is 1. The van der Waals surface area contributed by atoms with E-state index in [1.807, 2.05) is 24.3 Å². The predicted octanol–water partition coefficient (Wildman–Crippen LogP) is 4.20. The molecule has 0 spiro atoms. The van der Waals surface area contributed by atoms with Gasteiger partial charge in [-0.2, -0.15) is 0 Å². The molecular formula is C15H13NO4. The van der Waals surface area contributed by atoms with Crippen LogP contribution in [0.4, 0.5) is 5.69 Å². The average molecular weight is 271 g/mol. The van der Waals surface area contributed by atoms with Gasteiger partial charge in [0.05, 0.1) is 22.7 Å². The van der Waals surface area contributed by atoms with Crippen LogP contribution in [0.1, 0.15) is 18.6 Å². The number of fused-ring (bicyclic) bond motifs is 3. The van der Waals surface area contributed by atoms with Crippen molar-refractivity contribution in [1.29, 1.82) is 0 Å². The Hall–Kier alpha value is -2.40. The lowest BCUT2D eigenvalue weighted by atomic mass is 10.0. The molecule has 0 radical (unpaired) electrons. The number of hydrogen-bond donors (Lipinski definition) is 0. The molecule has 3 rings (SSSR count). The van der Waals surface area contributed by atoms with Crippen LogP contribution in [0.2, 0.25) is 0 Å². The first-order valence-corrected chi connectivity index (χ1v) is 6.24. The summed E-state index contributed by atoms with van der Waals surface area (Å²) in [5, 5.41) is 13.0. The van der Waals surface area contributed by atoms with Gasteiger partial charge in [-0.05, 0) is 19.1 Å². The number of benzene rings is 2. The Bertz CT molecular complexity index is 806. The SMILES string of the molecule is COC(C)c1cc2c(cc1[N+](=O)[O-])oc1ccccc12. The summed E-state index contributed by atoms with van der Waals surface area (Å²) >= 11 is 0. The van der Waals surface area contributed by atoms with Gasteiger partial charge in [0.2, 0.25) is 0 Å². The monoisotopic (exact) mass is 271 g/mol. The minimum absolute atomic E-state index is 0.0194. The van der Waals surface area contributed by atoms with E-state index in [1.165, 1.54) is 13.2 Å². The number of nitro benzene ring substituents is 1. The molecule has 1 aromatic heterocycles. The van der Waals surface area contributed by atoms with Crippen molar-refractivity contribution in [3.63, 3.8) is 0 Å². The van der Waals surface area contributed by atoms with Crippen molar-refractivity contribution < 1.29 is 14.1 Å². The van der Waals surface area contributed by atoms with E-state index in [-0.39, 0.29) is 11.8 Å². The molecule has 1 atom stereocenters. The molecular weight excluding hydrogens is 258 g/mol. The number of methoxy groups -OCH3 is 1. The molecule has 0 N–H and O–H groups in total. The van der Waals surface area contributed by atoms with E-state index in [9.17, 15) is 10.1 Å². The maximum absolute atomic E-state index is 11.2. The molecule has 0 amide bonds. The Balaban J connectivity index is 2.38. The highest BCUT2D eigenvalue weighted by atomic mass is 16.6. The third-order valence-electron chi connectivity index (χ3n) is 3.51. The molecule has 1 unspecified atom stereocenters. The van der Waals surface area contributed by atoms with E-state index >= 15 is 0 Å². The molecule has 102 valence electrons. The van der Waals surface area contributed by atoms with Crippen LogP contribution in [0.25, 0.3) is 21.9 Å². The molecule has 1 heterocycles. The van der Waals surface area contributed by atoms with Crippen molar-refractivity contribution in [2.45, 2.75) is 13.0 Å². The molecule has 5 nitrogen and oxygen atoms in total. The van der Waals surface area contributed by atoms with Crippen molar-refractivity contribution in [3.05, 3.63) is 52.1 Å². The lowest BCUT2D eigenvalue weighted by Gasteiger charge is -2.10.